The summed E-state index contributed by atoms with van der Waals surface area (Å²) in [5, 5.41) is 0. The van der Waals surface area contributed by atoms with E-state index in [4.69, 9.17) is 10.5 Å². The monoisotopic (exact) mass is 431 g/mol. The number of ether oxygens (including phenoxy) is 1. The summed E-state index contributed by atoms with van der Waals surface area (Å²) in [7, 11) is -4.82. The van der Waals surface area contributed by atoms with Crippen molar-refractivity contribution < 1.29 is 31.5 Å². The van der Waals surface area contributed by atoms with Crippen molar-refractivity contribution in [2.75, 3.05) is 12.3 Å². The van der Waals surface area contributed by atoms with Gasteiger partial charge in [-0.3, -0.25) is 19.1 Å². The number of esters is 1. The van der Waals surface area contributed by atoms with Crippen LogP contribution in [0.5, 0.6) is 0 Å². The number of hydrogen-bond acceptors (Lipinski definition) is 8. The number of sulfone groups is 1. The van der Waals surface area contributed by atoms with Crippen molar-refractivity contribution in [3.05, 3.63) is 56.2 Å². The van der Waals surface area contributed by atoms with Crippen molar-refractivity contribution in [3.63, 3.8) is 0 Å². The molecule has 0 saturated carbocycles. The standard InChI is InChI=1S/C16H15F2N3O7S/c1-2-21-12(19)11(13(23)20-16(21)25)10(22)7-28-14(24)8-3-5-9(6-4-8)29(26,27)15(17)18/h3-6,15H,2,7,19H2,1H3,(H,20,23,25). The van der Waals surface area contributed by atoms with Gasteiger partial charge < -0.3 is 10.5 Å². The lowest BCUT2D eigenvalue weighted by Gasteiger charge is -2.10. The van der Waals surface area contributed by atoms with Gasteiger partial charge in [0.25, 0.3) is 5.56 Å². The van der Waals surface area contributed by atoms with Gasteiger partial charge in [0.05, 0.1) is 10.5 Å². The molecular weight excluding hydrogens is 416 g/mol. The quantitative estimate of drug-likeness (QED) is 0.464. The number of nitrogens with zero attached hydrogens (tertiary/aromatic N) is 1. The fourth-order valence-corrected chi connectivity index (χ4v) is 3.06. The van der Waals surface area contributed by atoms with Gasteiger partial charge in [0.1, 0.15) is 11.4 Å². The number of halogens is 2. The van der Waals surface area contributed by atoms with Gasteiger partial charge in [-0.2, -0.15) is 8.78 Å². The minimum Gasteiger partial charge on any atom is -0.454 e. The Kier molecular flexibility index (Phi) is 6.31. The van der Waals surface area contributed by atoms with Crippen molar-refractivity contribution in [1.29, 1.82) is 0 Å². The van der Waals surface area contributed by atoms with E-state index in [1.165, 1.54) is 0 Å². The van der Waals surface area contributed by atoms with Crippen LogP contribution >= 0.6 is 0 Å². The van der Waals surface area contributed by atoms with Gasteiger partial charge in [-0.15, -0.1) is 0 Å². The van der Waals surface area contributed by atoms with E-state index in [1.54, 1.807) is 6.92 Å². The topological polar surface area (TPSA) is 158 Å². The highest BCUT2D eigenvalue weighted by Gasteiger charge is 2.27. The number of hydrogen-bond donors (Lipinski definition) is 2. The summed E-state index contributed by atoms with van der Waals surface area (Å²) >= 11 is 0. The van der Waals surface area contributed by atoms with Gasteiger partial charge in [-0.05, 0) is 31.2 Å². The SMILES string of the molecule is CCn1c(N)c(C(=O)COC(=O)c2ccc(S(=O)(=O)C(F)F)cc2)c(=O)[nH]c1=O. The first-order valence-corrected chi connectivity index (χ1v) is 9.50. The summed E-state index contributed by atoms with van der Waals surface area (Å²) in [5.74, 6) is -6.05. The Morgan fingerprint density at radius 3 is 2.31 bits per heavy atom. The zero-order valence-corrected chi connectivity index (χ0v) is 15.7. The van der Waals surface area contributed by atoms with Gasteiger partial charge in [0.15, 0.2) is 6.61 Å². The minimum absolute atomic E-state index is 0.0788. The van der Waals surface area contributed by atoms with Crippen molar-refractivity contribution >= 4 is 27.4 Å². The van der Waals surface area contributed by atoms with E-state index < -0.39 is 55.7 Å². The molecular formula is C16H15F2N3O7S. The van der Waals surface area contributed by atoms with Crippen LogP contribution in [-0.4, -0.2) is 42.1 Å². The van der Waals surface area contributed by atoms with Crippen LogP contribution in [0.25, 0.3) is 0 Å². The number of alkyl halides is 2. The first kappa shape index (κ1) is 21.9. The number of ketones is 1. The third-order valence-corrected chi connectivity index (χ3v) is 5.22. The zero-order chi connectivity index (χ0) is 21.9. The van der Waals surface area contributed by atoms with Gasteiger partial charge in [0, 0.05) is 6.54 Å². The summed E-state index contributed by atoms with van der Waals surface area (Å²) in [6.07, 6.45) is 0. The van der Waals surface area contributed by atoms with Crippen LogP contribution in [0.1, 0.15) is 27.6 Å². The smallest absolute Gasteiger partial charge is 0.341 e. The second-order valence-corrected chi connectivity index (χ2v) is 7.51. The van der Waals surface area contributed by atoms with Gasteiger partial charge in [-0.25, -0.2) is 18.0 Å². The van der Waals surface area contributed by atoms with E-state index in [2.05, 4.69) is 0 Å². The van der Waals surface area contributed by atoms with Crippen LogP contribution in [0.2, 0.25) is 0 Å². The number of rotatable bonds is 7. The van der Waals surface area contributed by atoms with Crippen molar-refractivity contribution in [1.82, 2.24) is 9.55 Å². The number of nitrogens with one attached hydrogen (secondary N) is 1. The van der Waals surface area contributed by atoms with Gasteiger partial charge in [-0.1, -0.05) is 0 Å². The van der Waals surface area contributed by atoms with Gasteiger partial charge in [0.2, 0.25) is 15.6 Å². The number of carbonyl (C=O) groups excluding carboxylic acids is 2. The highest BCUT2D eigenvalue weighted by Crippen LogP contribution is 2.19. The average molecular weight is 431 g/mol. The Labute approximate surface area is 161 Å². The third-order valence-electron chi connectivity index (χ3n) is 3.82. The molecule has 2 aromatic rings. The lowest BCUT2D eigenvalue weighted by Crippen LogP contribution is -2.36. The molecule has 0 unspecified atom stereocenters. The maximum atomic E-state index is 12.5. The number of nitrogens with two attached hydrogens (primary N) is 1. The second kappa shape index (κ2) is 8.34. The summed E-state index contributed by atoms with van der Waals surface area (Å²) in [6, 6.07) is 3.44. The van der Waals surface area contributed by atoms with Crippen LogP contribution < -0.4 is 17.0 Å². The molecule has 0 radical (unpaired) electrons. The Hall–Kier alpha value is -3.35. The Morgan fingerprint density at radius 1 is 1.21 bits per heavy atom. The molecule has 0 aliphatic carbocycles. The molecule has 1 aromatic carbocycles. The molecule has 10 nitrogen and oxygen atoms in total. The Balaban J connectivity index is 2.17. The highest BCUT2D eigenvalue weighted by atomic mass is 32.2. The molecule has 0 atom stereocenters. The van der Waals surface area contributed by atoms with E-state index in [0.717, 1.165) is 28.8 Å². The molecule has 1 aromatic heterocycles. The van der Waals surface area contributed by atoms with Crippen molar-refractivity contribution in [2.45, 2.75) is 24.1 Å². The van der Waals surface area contributed by atoms with Crippen LogP contribution in [0.4, 0.5) is 14.6 Å². The second-order valence-electron chi connectivity index (χ2n) is 5.59. The lowest BCUT2D eigenvalue weighted by atomic mass is 10.2. The molecule has 2 rings (SSSR count). The molecule has 29 heavy (non-hydrogen) atoms. The molecule has 3 N–H and O–H groups in total. The molecule has 0 amide bonds. The van der Waals surface area contributed by atoms with Crippen molar-refractivity contribution in [3.8, 4) is 0 Å². The van der Waals surface area contributed by atoms with Crippen molar-refractivity contribution in [2.24, 2.45) is 0 Å². The molecule has 0 fully saturated rings. The van der Waals surface area contributed by atoms with E-state index in [-0.39, 0.29) is 17.9 Å². The fourth-order valence-electron chi connectivity index (χ4n) is 2.34. The maximum absolute atomic E-state index is 12.5. The number of benzene rings is 1. The molecule has 0 aliphatic rings. The van der Waals surface area contributed by atoms with Gasteiger partial charge >= 0.3 is 17.4 Å². The molecule has 13 heteroatoms. The normalized spacial score (nSPS) is 11.4. The number of aromatic nitrogens is 2. The highest BCUT2D eigenvalue weighted by molar-refractivity contribution is 7.91. The van der Waals surface area contributed by atoms with Crippen LogP contribution in [0.3, 0.4) is 0 Å². The third kappa shape index (κ3) is 4.39. The summed E-state index contributed by atoms with van der Waals surface area (Å²) < 4.78 is 53.4. The number of H-pyrrole nitrogens is 1. The first-order chi connectivity index (χ1) is 13.5. The van der Waals surface area contributed by atoms with Crippen LogP contribution in [-0.2, 0) is 21.1 Å². The van der Waals surface area contributed by atoms with E-state index in [0.29, 0.717) is 0 Å². The molecule has 156 valence electrons. The number of anilines is 1. The van der Waals surface area contributed by atoms with E-state index >= 15 is 0 Å². The summed E-state index contributed by atoms with van der Waals surface area (Å²) in [5.41, 5.74) is 3.04. The largest absolute Gasteiger partial charge is 0.454 e. The summed E-state index contributed by atoms with van der Waals surface area (Å²) in [6.45, 7) is 0.739. The predicted molar refractivity (Wildman–Crippen MR) is 95.7 cm³/mol. The number of nitrogen functional groups attached to an aromatic ring is 1. The van der Waals surface area contributed by atoms with E-state index in [9.17, 15) is 36.4 Å². The molecule has 0 saturated heterocycles. The number of Topliss-reactive ketones (excluding diaryl/α,β-unsaturated/α-hetero) is 1. The Morgan fingerprint density at radius 2 is 1.79 bits per heavy atom. The maximum Gasteiger partial charge on any atom is 0.341 e. The van der Waals surface area contributed by atoms with Crippen LogP contribution in [0.15, 0.2) is 38.8 Å². The molecule has 0 bridgehead atoms. The lowest BCUT2D eigenvalue weighted by molar-refractivity contribution is 0.0474. The fraction of sp³-hybridized carbons (Fsp3) is 0.250. The number of aromatic amines is 1. The average Bonchev–Trinajstić information content (AvgIpc) is 2.66. The predicted octanol–water partition coefficient (Wildman–Crippen LogP) is 0.175. The molecule has 0 aliphatic heterocycles. The first-order valence-electron chi connectivity index (χ1n) is 7.95. The molecule has 0 spiro atoms. The van der Waals surface area contributed by atoms with E-state index in [1.807, 2.05) is 4.98 Å². The van der Waals surface area contributed by atoms with Crippen LogP contribution in [0, 0.1) is 0 Å². The molecule has 1 heterocycles. The zero-order valence-electron chi connectivity index (χ0n) is 14.8. The minimum atomic E-state index is -4.82. The number of carbonyl (C=O) groups is 2. The summed E-state index contributed by atoms with van der Waals surface area (Å²) in [4.78, 5) is 48.9. The Bertz CT molecular complexity index is 1170.